The number of amides is 1. The summed E-state index contributed by atoms with van der Waals surface area (Å²) in [7, 11) is -3.72. The van der Waals surface area contributed by atoms with Crippen LogP contribution >= 0.6 is 0 Å². The summed E-state index contributed by atoms with van der Waals surface area (Å²) in [4.78, 5) is 25.6. The highest BCUT2D eigenvalue weighted by atomic mass is 32.2. The summed E-state index contributed by atoms with van der Waals surface area (Å²) < 4.78 is 27.8. The average molecular weight is 397 g/mol. The monoisotopic (exact) mass is 396 g/mol. The average Bonchev–Trinajstić information content (AvgIpc) is 2.52. The molecule has 0 unspecified atom stereocenters. The minimum Gasteiger partial charge on any atom is -0.481 e. The fourth-order valence-electron chi connectivity index (χ4n) is 3.92. The molecule has 1 aromatic rings. The highest BCUT2D eigenvalue weighted by Crippen LogP contribution is 2.25. The molecule has 1 aromatic carbocycles. The molecule has 27 heavy (non-hydrogen) atoms. The maximum Gasteiger partial charge on any atom is 0.308 e. The number of carbonyl (C=O) groups is 2. The van der Waals surface area contributed by atoms with Gasteiger partial charge in [0.1, 0.15) is 0 Å². The number of carboxylic acids is 1. The van der Waals surface area contributed by atoms with Gasteiger partial charge in [0.15, 0.2) is 0 Å². The Balaban J connectivity index is 2.01. The minimum absolute atomic E-state index is 0.000133. The Bertz CT molecular complexity index is 811. The van der Waals surface area contributed by atoms with Gasteiger partial charge in [0.2, 0.25) is 15.9 Å². The summed E-state index contributed by atoms with van der Waals surface area (Å²) in [6.07, 6.45) is 1.19. The van der Waals surface area contributed by atoms with Crippen LogP contribution in [0.1, 0.15) is 42.9 Å². The van der Waals surface area contributed by atoms with E-state index in [-0.39, 0.29) is 29.8 Å². The molecule has 0 aromatic heterocycles. The van der Waals surface area contributed by atoms with Crippen LogP contribution in [0.15, 0.2) is 17.0 Å². The molecule has 1 heterocycles. The van der Waals surface area contributed by atoms with Crippen LogP contribution in [0.3, 0.4) is 0 Å². The van der Waals surface area contributed by atoms with Crippen molar-refractivity contribution in [3.05, 3.63) is 28.8 Å². The van der Waals surface area contributed by atoms with Gasteiger partial charge in [-0.2, -0.15) is 0 Å². The van der Waals surface area contributed by atoms with Crippen LogP contribution in [-0.2, 0) is 19.6 Å². The molecule has 1 amide bonds. The third-order valence-electron chi connectivity index (χ3n) is 5.13. The van der Waals surface area contributed by atoms with Crippen molar-refractivity contribution in [2.24, 2.45) is 5.92 Å². The Morgan fingerprint density at radius 2 is 1.81 bits per heavy atom. The molecule has 8 heteroatoms. The van der Waals surface area contributed by atoms with Crippen LogP contribution in [-0.4, -0.2) is 49.4 Å². The molecule has 1 fully saturated rings. The second kappa shape index (κ2) is 8.39. The number of benzene rings is 1. The summed E-state index contributed by atoms with van der Waals surface area (Å²) >= 11 is 0. The number of carbonyl (C=O) groups excluding carboxylic acids is 1. The van der Waals surface area contributed by atoms with E-state index in [1.165, 1.54) is 0 Å². The number of aliphatic carboxylic acids is 1. The van der Waals surface area contributed by atoms with Gasteiger partial charge in [0, 0.05) is 25.6 Å². The van der Waals surface area contributed by atoms with E-state index in [1.807, 2.05) is 19.1 Å². The Kier molecular flexibility index (Phi) is 6.64. The van der Waals surface area contributed by atoms with Crippen LogP contribution in [0.5, 0.6) is 0 Å². The van der Waals surface area contributed by atoms with E-state index in [9.17, 15) is 23.1 Å². The van der Waals surface area contributed by atoms with Gasteiger partial charge < -0.3 is 10.0 Å². The molecule has 0 saturated carbocycles. The predicted octanol–water partition coefficient (Wildman–Crippen LogP) is 1.99. The van der Waals surface area contributed by atoms with Crippen molar-refractivity contribution in [2.75, 3.05) is 13.1 Å². The van der Waals surface area contributed by atoms with E-state index < -0.39 is 21.9 Å². The molecule has 2 N–H and O–H groups in total. The number of carboxylic acid groups (broad SMARTS) is 1. The third-order valence-corrected chi connectivity index (χ3v) is 6.90. The third kappa shape index (κ3) is 4.87. The lowest BCUT2D eigenvalue weighted by Crippen LogP contribution is -2.49. The second-order valence-electron chi connectivity index (χ2n) is 7.29. The van der Waals surface area contributed by atoms with Crippen molar-refractivity contribution in [1.29, 1.82) is 0 Å². The Hall–Kier alpha value is -1.93. The van der Waals surface area contributed by atoms with Gasteiger partial charge in [-0.3, -0.25) is 9.59 Å². The van der Waals surface area contributed by atoms with Crippen LogP contribution < -0.4 is 4.72 Å². The molecule has 0 radical (unpaired) electrons. The number of hydrogen-bond acceptors (Lipinski definition) is 4. The highest BCUT2D eigenvalue weighted by Gasteiger charge is 2.35. The summed E-state index contributed by atoms with van der Waals surface area (Å²) in [6.45, 7) is 7.63. The van der Waals surface area contributed by atoms with Gasteiger partial charge in [-0.1, -0.05) is 17.7 Å². The molecule has 7 nitrogen and oxygen atoms in total. The van der Waals surface area contributed by atoms with Gasteiger partial charge in [0.05, 0.1) is 10.8 Å². The second-order valence-corrected chi connectivity index (χ2v) is 8.99. The van der Waals surface area contributed by atoms with Crippen LogP contribution in [0.25, 0.3) is 0 Å². The van der Waals surface area contributed by atoms with E-state index in [4.69, 9.17) is 0 Å². The van der Waals surface area contributed by atoms with Crippen molar-refractivity contribution in [1.82, 2.24) is 9.62 Å². The standard InChI is InChI=1S/C19H28N2O5S/c1-12-10-13(2)18(14(3)11-12)27(25,26)20-8-7-17(22)21-9-5-6-16(15(21)4)19(23)24/h10-11,15-16,20H,5-9H2,1-4H3,(H,23,24)/t15-,16-/m1/s1. The molecule has 2 atom stereocenters. The molecule has 150 valence electrons. The number of piperidine rings is 1. The normalized spacial score (nSPS) is 20.5. The summed E-state index contributed by atoms with van der Waals surface area (Å²) in [5.41, 5.74) is 2.33. The number of aryl methyl sites for hydroxylation is 3. The number of rotatable bonds is 6. The zero-order valence-corrected chi connectivity index (χ0v) is 17.1. The van der Waals surface area contributed by atoms with Crippen LogP contribution in [0, 0.1) is 26.7 Å². The summed E-state index contributed by atoms with van der Waals surface area (Å²) in [5.74, 6) is -1.70. The van der Waals surface area contributed by atoms with Gasteiger partial charge in [-0.05, 0) is 51.7 Å². The molecule has 0 spiro atoms. The number of nitrogens with zero attached hydrogens (tertiary/aromatic N) is 1. The molecule has 1 aliphatic rings. The lowest BCUT2D eigenvalue weighted by atomic mass is 9.90. The summed E-state index contributed by atoms with van der Waals surface area (Å²) in [6, 6.07) is 3.24. The zero-order valence-electron chi connectivity index (χ0n) is 16.3. The number of hydrogen-bond donors (Lipinski definition) is 2. The SMILES string of the molecule is Cc1cc(C)c(S(=O)(=O)NCCC(=O)N2CCC[C@@H](C(=O)O)[C@H]2C)c(C)c1. The lowest BCUT2D eigenvalue weighted by Gasteiger charge is -2.37. The first-order chi connectivity index (χ1) is 12.5. The molecule has 0 bridgehead atoms. The molecule has 2 rings (SSSR count). The predicted molar refractivity (Wildman–Crippen MR) is 102 cm³/mol. The van der Waals surface area contributed by atoms with Crippen LogP contribution in [0.4, 0.5) is 0 Å². The minimum atomic E-state index is -3.72. The van der Waals surface area contributed by atoms with E-state index in [0.29, 0.717) is 30.5 Å². The molecule has 1 saturated heterocycles. The first-order valence-electron chi connectivity index (χ1n) is 9.14. The largest absolute Gasteiger partial charge is 0.481 e. The smallest absolute Gasteiger partial charge is 0.308 e. The molecule has 1 aliphatic heterocycles. The Morgan fingerprint density at radius 1 is 1.22 bits per heavy atom. The fraction of sp³-hybridized carbons (Fsp3) is 0.579. The Morgan fingerprint density at radius 3 is 2.37 bits per heavy atom. The first-order valence-corrected chi connectivity index (χ1v) is 10.6. The van der Waals surface area contributed by atoms with Crippen molar-refractivity contribution in [3.8, 4) is 0 Å². The van der Waals surface area contributed by atoms with Crippen LogP contribution in [0.2, 0.25) is 0 Å². The maximum absolute atomic E-state index is 12.6. The quantitative estimate of drug-likeness (QED) is 0.765. The molecule has 0 aliphatic carbocycles. The first kappa shape index (κ1) is 21.4. The van der Waals surface area contributed by atoms with Crippen molar-refractivity contribution in [2.45, 2.75) is 57.9 Å². The van der Waals surface area contributed by atoms with Gasteiger partial charge in [0.25, 0.3) is 0 Å². The van der Waals surface area contributed by atoms with E-state index in [0.717, 1.165) is 5.56 Å². The zero-order chi connectivity index (χ0) is 20.4. The summed E-state index contributed by atoms with van der Waals surface area (Å²) in [5, 5.41) is 9.26. The van der Waals surface area contributed by atoms with Crippen molar-refractivity contribution in [3.63, 3.8) is 0 Å². The lowest BCUT2D eigenvalue weighted by molar-refractivity contribution is -0.149. The highest BCUT2D eigenvalue weighted by molar-refractivity contribution is 7.89. The van der Waals surface area contributed by atoms with Crippen molar-refractivity contribution >= 4 is 21.9 Å². The van der Waals surface area contributed by atoms with Crippen molar-refractivity contribution < 1.29 is 23.1 Å². The Labute approximate surface area is 160 Å². The number of sulfonamides is 1. The van der Waals surface area contributed by atoms with Gasteiger partial charge in [-0.15, -0.1) is 0 Å². The van der Waals surface area contributed by atoms with E-state index in [2.05, 4.69) is 4.72 Å². The van der Waals surface area contributed by atoms with Gasteiger partial charge >= 0.3 is 5.97 Å². The molecular weight excluding hydrogens is 368 g/mol. The van der Waals surface area contributed by atoms with E-state index in [1.54, 1.807) is 25.7 Å². The topological polar surface area (TPSA) is 104 Å². The maximum atomic E-state index is 12.6. The van der Waals surface area contributed by atoms with Gasteiger partial charge in [-0.25, -0.2) is 13.1 Å². The fourth-order valence-corrected chi connectivity index (χ4v) is 5.40. The van der Waals surface area contributed by atoms with E-state index >= 15 is 0 Å². The number of likely N-dealkylation sites (tertiary alicyclic amines) is 1. The molecular formula is C19H28N2O5S. The number of nitrogens with one attached hydrogen (secondary N) is 1.